The van der Waals surface area contributed by atoms with Gasteiger partial charge in [0.25, 0.3) is 0 Å². The Balaban J connectivity index is 0.000000405. The SMILES string of the molecule is C1C[C@@H]2CNC[C@@H]2C1.Cl. The molecule has 2 rings (SSSR count). The lowest BCUT2D eigenvalue weighted by Crippen LogP contribution is -2.08. The Kier molecular flexibility index (Phi) is 2.36. The Bertz CT molecular complexity index is 74.9. The third-order valence-corrected chi connectivity index (χ3v) is 2.63. The predicted octanol–water partition coefficient (Wildman–Crippen LogP) is 1.43. The Morgan fingerprint density at radius 1 is 1.00 bits per heavy atom. The van der Waals surface area contributed by atoms with Crippen LogP contribution in [-0.4, -0.2) is 13.1 Å². The van der Waals surface area contributed by atoms with E-state index in [-0.39, 0.29) is 12.4 Å². The lowest BCUT2D eigenvalue weighted by atomic mass is 10.0. The molecule has 0 aromatic rings. The second kappa shape index (κ2) is 2.89. The van der Waals surface area contributed by atoms with Gasteiger partial charge in [0.05, 0.1) is 0 Å². The van der Waals surface area contributed by atoms with Gasteiger partial charge in [-0.1, -0.05) is 6.42 Å². The molecule has 1 nitrogen and oxygen atoms in total. The second-order valence-corrected chi connectivity index (χ2v) is 3.11. The van der Waals surface area contributed by atoms with E-state index in [9.17, 15) is 0 Å². The van der Waals surface area contributed by atoms with Crippen LogP contribution in [0.15, 0.2) is 0 Å². The number of hydrogen-bond donors (Lipinski definition) is 1. The molecule has 2 heteroatoms. The highest BCUT2D eigenvalue weighted by molar-refractivity contribution is 5.85. The largest absolute Gasteiger partial charge is 0.316 e. The molecule has 1 saturated carbocycles. The summed E-state index contributed by atoms with van der Waals surface area (Å²) >= 11 is 0. The average Bonchev–Trinajstić information content (AvgIpc) is 2.15. The van der Waals surface area contributed by atoms with Gasteiger partial charge in [0.2, 0.25) is 0 Å². The maximum absolute atomic E-state index is 3.42. The summed E-state index contributed by atoms with van der Waals surface area (Å²) in [7, 11) is 0. The van der Waals surface area contributed by atoms with Gasteiger partial charge < -0.3 is 5.32 Å². The summed E-state index contributed by atoms with van der Waals surface area (Å²) in [6.45, 7) is 2.62. The van der Waals surface area contributed by atoms with Crippen LogP contribution in [-0.2, 0) is 0 Å². The molecule has 1 saturated heterocycles. The van der Waals surface area contributed by atoms with E-state index in [1.807, 2.05) is 0 Å². The van der Waals surface area contributed by atoms with Crippen molar-refractivity contribution in [3.05, 3.63) is 0 Å². The fourth-order valence-corrected chi connectivity index (χ4v) is 2.11. The van der Waals surface area contributed by atoms with E-state index in [0.717, 1.165) is 11.8 Å². The molecular formula is C7H14ClN. The van der Waals surface area contributed by atoms with E-state index < -0.39 is 0 Å². The minimum Gasteiger partial charge on any atom is -0.316 e. The molecule has 9 heavy (non-hydrogen) atoms. The molecule has 2 aliphatic rings. The maximum atomic E-state index is 3.42. The number of hydrogen-bond acceptors (Lipinski definition) is 1. The molecule has 1 heterocycles. The number of nitrogens with one attached hydrogen (secondary N) is 1. The van der Waals surface area contributed by atoms with Gasteiger partial charge in [-0.25, -0.2) is 0 Å². The second-order valence-electron chi connectivity index (χ2n) is 3.11. The average molecular weight is 148 g/mol. The molecule has 0 bridgehead atoms. The Labute approximate surface area is 62.6 Å². The first-order valence-electron chi connectivity index (χ1n) is 3.67. The van der Waals surface area contributed by atoms with Crippen LogP contribution in [0.5, 0.6) is 0 Å². The lowest BCUT2D eigenvalue weighted by Gasteiger charge is -2.02. The molecule has 54 valence electrons. The van der Waals surface area contributed by atoms with Crippen molar-refractivity contribution in [2.24, 2.45) is 11.8 Å². The third kappa shape index (κ3) is 1.22. The van der Waals surface area contributed by atoms with Crippen LogP contribution in [0.1, 0.15) is 19.3 Å². The molecule has 1 aliphatic heterocycles. The van der Waals surface area contributed by atoms with Crippen molar-refractivity contribution in [2.75, 3.05) is 13.1 Å². The summed E-state index contributed by atoms with van der Waals surface area (Å²) in [6, 6.07) is 0. The molecule has 0 amide bonds. The zero-order valence-electron chi connectivity index (χ0n) is 5.60. The molecule has 2 fully saturated rings. The summed E-state index contributed by atoms with van der Waals surface area (Å²) in [4.78, 5) is 0. The standard InChI is InChI=1S/C7H13N.ClH/c1-2-6-4-8-5-7(6)3-1;/h6-8H,1-5H2;1H/t6-,7+;. The Hall–Kier alpha value is 0.250. The van der Waals surface area contributed by atoms with Crippen molar-refractivity contribution in [1.29, 1.82) is 0 Å². The highest BCUT2D eigenvalue weighted by Gasteiger charge is 2.30. The van der Waals surface area contributed by atoms with E-state index in [4.69, 9.17) is 0 Å². The van der Waals surface area contributed by atoms with E-state index in [1.165, 1.54) is 32.4 Å². The number of halogens is 1. The van der Waals surface area contributed by atoms with Crippen molar-refractivity contribution >= 4 is 12.4 Å². The monoisotopic (exact) mass is 147 g/mol. The normalized spacial score (nSPS) is 40.0. The van der Waals surface area contributed by atoms with Crippen LogP contribution in [0.25, 0.3) is 0 Å². The molecule has 0 aromatic carbocycles. The van der Waals surface area contributed by atoms with Crippen LogP contribution < -0.4 is 5.32 Å². The first kappa shape index (κ1) is 7.36. The van der Waals surface area contributed by atoms with Gasteiger partial charge in [-0.15, -0.1) is 12.4 Å². The van der Waals surface area contributed by atoms with E-state index in [1.54, 1.807) is 0 Å². The summed E-state index contributed by atoms with van der Waals surface area (Å²) in [6.07, 6.45) is 4.49. The van der Waals surface area contributed by atoms with Crippen LogP contribution in [0, 0.1) is 11.8 Å². The molecule has 1 N–H and O–H groups in total. The van der Waals surface area contributed by atoms with Crippen LogP contribution in [0.3, 0.4) is 0 Å². The van der Waals surface area contributed by atoms with Gasteiger partial charge in [-0.2, -0.15) is 0 Å². The quantitative estimate of drug-likeness (QED) is 0.547. The summed E-state index contributed by atoms with van der Waals surface area (Å²) in [5.41, 5.74) is 0. The van der Waals surface area contributed by atoms with Crippen molar-refractivity contribution in [2.45, 2.75) is 19.3 Å². The smallest absolute Gasteiger partial charge is 0.00173 e. The van der Waals surface area contributed by atoms with Crippen LogP contribution in [0.2, 0.25) is 0 Å². The number of fused-ring (bicyclic) bond motifs is 1. The molecule has 2 atom stereocenters. The fraction of sp³-hybridized carbons (Fsp3) is 1.00. The summed E-state index contributed by atoms with van der Waals surface area (Å²) < 4.78 is 0. The van der Waals surface area contributed by atoms with Gasteiger partial charge in [0, 0.05) is 0 Å². The topological polar surface area (TPSA) is 12.0 Å². The van der Waals surface area contributed by atoms with Gasteiger partial charge in [0.1, 0.15) is 0 Å². The van der Waals surface area contributed by atoms with E-state index >= 15 is 0 Å². The van der Waals surface area contributed by atoms with Crippen molar-refractivity contribution in [3.8, 4) is 0 Å². The Morgan fingerprint density at radius 3 is 2.11 bits per heavy atom. The highest BCUT2D eigenvalue weighted by atomic mass is 35.5. The molecule has 0 spiro atoms. The molecule has 0 aromatic heterocycles. The minimum absolute atomic E-state index is 0. The molecule has 0 radical (unpaired) electrons. The summed E-state index contributed by atoms with van der Waals surface area (Å²) in [5.74, 6) is 2.13. The molecule has 1 aliphatic carbocycles. The first-order valence-corrected chi connectivity index (χ1v) is 3.67. The molecular weight excluding hydrogens is 134 g/mol. The van der Waals surface area contributed by atoms with Gasteiger partial charge in [-0.3, -0.25) is 0 Å². The zero-order valence-corrected chi connectivity index (χ0v) is 6.41. The van der Waals surface area contributed by atoms with Crippen molar-refractivity contribution in [3.63, 3.8) is 0 Å². The lowest BCUT2D eigenvalue weighted by molar-refractivity contribution is 0.494. The molecule has 0 unspecified atom stereocenters. The predicted molar refractivity (Wildman–Crippen MR) is 40.9 cm³/mol. The Morgan fingerprint density at radius 2 is 1.56 bits per heavy atom. The fourth-order valence-electron chi connectivity index (χ4n) is 2.11. The van der Waals surface area contributed by atoms with E-state index in [2.05, 4.69) is 5.32 Å². The first-order chi connectivity index (χ1) is 3.97. The van der Waals surface area contributed by atoms with Crippen LogP contribution >= 0.6 is 12.4 Å². The van der Waals surface area contributed by atoms with E-state index in [0.29, 0.717) is 0 Å². The highest BCUT2D eigenvalue weighted by Crippen LogP contribution is 2.33. The van der Waals surface area contributed by atoms with Gasteiger partial charge >= 0.3 is 0 Å². The van der Waals surface area contributed by atoms with Crippen molar-refractivity contribution < 1.29 is 0 Å². The van der Waals surface area contributed by atoms with Crippen LogP contribution in [0.4, 0.5) is 0 Å². The number of rotatable bonds is 0. The zero-order chi connectivity index (χ0) is 5.40. The maximum Gasteiger partial charge on any atom is -0.00173 e. The van der Waals surface area contributed by atoms with Crippen molar-refractivity contribution in [1.82, 2.24) is 5.32 Å². The van der Waals surface area contributed by atoms with Gasteiger partial charge in [-0.05, 0) is 37.8 Å². The third-order valence-electron chi connectivity index (χ3n) is 2.63. The van der Waals surface area contributed by atoms with Gasteiger partial charge in [0.15, 0.2) is 0 Å². The minimum atomic E-state index is 0. The summed E-state index contributed by atoms with van der Waals surface area (Å²) in [5, 5.41) is 3.42.